The van der Waals surface area contributed by atoms with Crippen LogP contribution in [0.4, 0.5) is 18.9 Å². The Hall–Kier alpha value is -2.09. The topological polar surface area (TPSA) is 92.4 Å². The molecule has 1 amide bonds. The lowest BCUT2D eigenvalue weighted by Gasteiger charge is -2.16. The maximum Gasteiger partial charge on any atom is 0.416 e. The van der Waals surface area contributed by atoms with E-state index in [0.717, 1.165) is 38.2 Å². The fourth-order valence-electron chi connectivity index (χ4n) is 2.75. The van der Waals surface area contributed by atoms with E-state index in [1.807, 2.05) is 0 Å². The first kappa shape index (κ1) is 23.0. The number of carboxylic acid groups (broad SMARTS) is 1. The van der Waals surface area contributed by atoms with Crippen molar-refractivity contribution in [2.75, 3.05) is 5.32 Å². The van der Waals surface area contributed by atoms with Crippen LogP contribution in [0.2, 0.25) is 0 Å². The van der Waals surface area contributed by atoms with Crippen molar-refractivity contribution in [3.05, 3.63) is 29.3 Å². The smallest absolute Gasteiger partial charge is 0.416 e. The molecule has 152 valence electrons. The Kier molecular flexibility index (Phi) is 9.28. The van der Waals surface area contributed by atoms with E-state index in [0.29, 0.717) is 12.8 Å². The molecule has 1 rings (SSSR count). The minimum atomic E-state index is -4.54. The molecule has 1 aromatic carbocycles. The van der Waals surface area contributed by atoms with E-state index in [4.69, 9.17) is 10.8 Å². The lowest BCUT2D eigenvalue weighted by Crippen LogP contribution is -2.37. The highest BCUT2D eigenvalue weighted by atomic mass is 19.4. The zero-order valence-corrected chi connectivity index (χ0v) is 15.4. The molecule has 0 aliphatic heterocycles. The summed E-state index contributed by atoms with van der Waals surface area (Å²) in [6.07, 6.45) is 1.05. The van der Waals surface area contributed by atoms with Crippen LogP contribution in [-0.4, -0.2) is 23.0 Å². The molecule has 1 unspecified atom stereocenters. The van der Waals surface area contributed by atoms with Gasteiger partial charge in [-0.3, -0.25) is 9.59 Å². The Balaban J connectivity index is 2.78. The second kappa shape index (κ2) is 10.9. The lowest BCUT2D eigenvalue weighted by atomic mass is 9.99. The molecule has 0 aliphatic rings. The quantitative estimate of drug-likeness (QED) is 0.492. The first-order chi connectivity index (χ1) is 12.6. The molecule has 0 spiro atoms. The fourth-order valence-corrected chi connectivity index (χ4v) is 2.75. The Morgan fingerprint density at radius 3 is 2.37 bits per heavy atom. The Labute approximate surface area is 157 Å². The van der Waals surface area contributed by atoms with Gasteiger partial charge in [-0.05, 0) is 30.5 Å². The minimum absolute atomic E-state index is 0.0557. The summed E-state index contributed by atoms with van der Waals surface area (Å²) in [6, 6.07) is 2.28. The molecular formula is C19H27F3N2O3. The first-order valence-corrected chi connectivity index (χ1v) is 9.13. The summed E-state index contributed by atoms with van der Waals surface area (Å²) in [5.41, 5.74) is 4.76. The predicted molar refractivity (Wildman–Crippen MR) is 97.4 cm³/mol. The van der Waals surface area contributed by atoms with Gasteiger partial charge in [-0.1, -0.05) is 45.1 Å². The highest BCUT2D eigenvalue weighted by Crippen LogP contribution is 2.34. The second-order valence-corrected chi connectivity index (χ2v) is 6.58. The van der Waals surface area contributed by atoms with Gasteiger partial charge >= 0.3 is 12.1 Å². The molecule has 0 saturated heterocycles. The highest BCUT2D eigenvalue weighted by Gasteiger charge is 2.33. The molecule has 0 heterocycles. The molecule has 0 saturated carbocycles. The molecule has 27 heavy (non-hydrogen) atoms. The van der Waals surface area contributed by atoms with Crippen LogP contribution in [-0.2, 0) is 22.2 Å². The molecule has 0 fully saturated rings. The summed E-state index contributed by atoms with van der Waals surface area (Å²) in [5, 5.41) is 10.9. The second-order valence-electron chi connectivity index (χ2n) is 6.58. The minimum Gasteiger partial charge on any atom is -0.481 e. The predicted octanol–water partition coefficient (Wildman–Crippen LogP) is 4.35. The van der Waals surface area contributed by atoms with Crippen LogP contribution in [0.3, 0.4) is 0 Å². The number of carbonyl (C=O) groups excluding carboxylic acids is 1. The van der Waals surface area contributed by atoms with E-state index in [2.05, 4.69) is 12.2 Å². The van der Waals surface area contributed by atoms with Gasteiger partial charge < -0.3 is 16.2 Å². The number of benzene rings is 1. The molecule has 5 nitrogen and oxygen atoms in total. The van der Waals surface area contributed by atoms with E-state index in [9.17, 15) is 22.8 Å². The Morgan fingerprint density at radius 2 is 1.78 bits per heavy atom. The third-order valence-electron chi connectivity index (χ3n) is 4.21. The van der Waals surface area contributed by atoms with Gasteiger partial charge in [-0.15, -0.1) is 0 Å². The van der Waals surface area contributed by atoms with Gasteiger partial charge in [0.05, 0.1) is 18.0 Å². The van der Waals surface area contributed by atoms with Gasteiger partial charge in [0.2, 0.25) is 5.91 Å². The molecule has 8 heteroatoms. The normalized spacial score (nSPS) is 12.6. The lowest BCUT2D eigenvalue weighted by molar-refractivity contribution is -0.139. The van der Waals surface area contributed by atoms with Crippen LogP contribution in [0.5, 0.6) is 0 Å². The number of hydrogen-bond donors (Lipinski definition) is 3. The SMILES string of the molecule is CCCCCCCCc1ccc(NC(=O)C(N)CC(=O)O)cc1C(F)(F)F. The standard InChI is InChI=1S/C19H27F3N2O3/c1-2-3-4-5-6-7-8-13-9-10-14(11-15(13)19(20,21)22)24-18(27)16(23)12-17(25)26/h9-11,16H,2-8,12,23H2,1H3,(H,24,27)(H,25,26). The average Bonchev–Trinajstić information content (AvgIpc) is 2.57. The summed E-state index contributed by atoms with van der Waals surface area (Å²) in [7, 11) is 0. The van der Waals surface area contributed by atoms with Crippen LogP contribution in [0, 0.1) is 0 Å². The zero-order chi connectivity index (χ0) is 20.4. The van der Waals surface area contributed by atoms with E-state index in [1.54, 1.807) is 0 Å². The number of aryl methyl sites for hydroxylation is 1. The number of nitrogens with two attached hydrogens (primary N) is 1. The largest absolute Gasteiger partial charge is 0.481 e. The molecule has 4 N–H and O–H groups in total. The highest BCUT2D eigenvalue weighted by molar-refractivity contribution is 5.96. The molecule has 1 atom stereocenters. The molecule has 1 aromatic rings. The number of halogens is 3. The van der Waals surface area contributed by atoms with E-state index in [1.165, 1.54) is 12.1 Å². The van der Waals surface area contributed by atoms with Crippen molar-refractivity contribution < 1.29 is 27.9 Å². The maximum absolute atomic E-state index is 13.4. The monoisotopic (exact) mass is 388 g/mol. The van der Waals surface area contributed by atoms with Crippen LogP contribution in [0.1, 0.15) is 63.0 Å². The van der Waals surface area contributed by atoms with E-state index < -0.39 is 36.1 Å². The number of amides is 1. The number of carboxylic acids is 1. The fraction of sp³-hybridized carbons (Fsp3) is 0.579. The summed E-state index contributed by atoms with van der Waals surface area (Å²) in [4.78, 5) is 22.4. The number of alkyl halides is 3. The van der Waals surface area contributed by atoms with Crippen molar-refractivity contribution >= 4 is 17.6 Å². The van der Waals surface area contributed by atoms with E-state index in [-0.39, 0.29) is 11.3 Å². The average molecular weight is 388 g/mol. The number of aliphatic carboxylic acids is 1. The van der Waals surface area contributed by atoms with Gasteiger partial charge in [-0.25, -0.2) is 0 Å². The molecule has 0 aliphatic carbocycles. The van der Waals surface area contributed by atoms with Crippen molar-refractivity contribution in [3.63, 3.8) is 0 Å². The van der Waals surface area contributed by atoms with Crippen molar-refractivity contribution in [3.8, 4) is 0 Å². The Bertz CT molecular complexity index is 633. The summed E-state index contributed by atoms with van der Waals surface area (Å²) in [5.74, 6) is -2.10. The van der Waals surface area contributed by atoms with Crippen LogP contribution in [0.25, 0.3) is 0 Å². The van der Waals surface area contributed by atoms with Crippen molar-refractivity contribution in [2.24, 2.45) is 5.73 Å². The van der Waals surface area contributed by atoms with Crippen LogP contribution < -0.4 is 11.1 Å². The van der Waals surface area contributed by atoms with Crippen molar-refractivity contribution in [2.45, 2.75) is 70.5 Å². The summed E-state index contributed by atoms with van der Waals surface area (Å²) < 4.78 is 40.1. The number of anilines is 1. The van der Waals surface area contributed by atoms with Crippen molar-refractivity contribution in [1.82, 2.24) is 0 Å². The number of carbonyl (C=O) groups is 2. The number of hydrogen-bond acceptors (Lipinski definition) is 3. The number of nitrogens with one attached hydrogen (secondary N) is 1. The van der Waals surface area contributed by atoms with Gasteiger partial charge in [0.15, 0.2) is 0 Å². The van der Waals surface area contributed by atoms with Gasteiger partial charge in [0.25, 0.3) is 0 Å². The van der Waals surface area contributed by atoms with E-state index >= 15 is 0 Å². The van der Waals surface area contributed by atoms with Gasteiger partial charge in [0, 0.05) is 5.69 Å². The van der Waals surface area contributed by atoms with Gasteiger partial charge in [0.1, 0.15) is 0 Å². The summed E-state index contributed by atoms with van der Waals surface area (Å²) >= 11 is 0. The van der Waals surface area contributed by atoms with Gasteiger partial charge in [-0.2, -0.15) is 13.2 Å². The maximum atomic E-state index is 13.4. The number of unbranched alkanes of at least 4 members (excludes halogenated alkanes) is 5. The third kappa shape index (κ3) is 8.43. The molecule has 0 bridgehead atoms. The van der Waals surface area contributed by atoms with Crippen LogP contribution in [0.15, 0.2) is 18.2 Å². The summed E-state index contributed by atoms with van der Waals surface area (Å²) in [6.45, 7) is 2.10. The van der Waals surface area contributed by atoms with Crippen molar-refractivity contribution in [1.29, 1.82) is 0 Å². The zero-order valence-electron chi connectivity index (χ0n) is 15.4. The number of rotatable bonds is 11. The third-order valence-corrected chi connectivity index (χ3v) is 4.21. The molecule has 0 radical (unpaired) electrons. The molecular weight excluding hydrogens is 361 g/mol. The Morgan fingerprint density at radius 1 is 1.15 bits per heavy atom. The van der Waals surface area contributed by atoms with Crippen LogP contribution >= 0.6 is 0 Å². The molecule has 0 aromatic heterocycles. The first-order valence-electron chi connectivity index (χ1n) is 9.13.